The van der Waals surface area contributed by atoms with Gasteiger partial charge in [-0.2, -0.15) is 5.10 Å². The third kappa shape index (κ3) is 3.24. The number of imidazole rings is 1. The first kappa shape index (κ1) is 18.7. The monoisotopic (exact) mass is 415 g/mol. The van der Waals surface area contributed by atoms with E-state index in [0.717, 1.165) is 59.0 Å². The molecule has 7 nitrogen and oxygen atoms in total. The predicted molar refractivity (Wildman–Crippen MR) is 126 cm³/mol. The van der Waals surface area contributed by atoms with Crippen LogP contribution in [-0.4, -0.2) is 45.8 Å². The lowest BCUT2D eigenvalue weighted by Gasteiger charge is -2.43. The number of hydrogen-bond acceptors (Lipinski definition) is 5. The molecule has 0 aliphatic carbocycles. The van der Waals surface area contributed by atoms with Crippen LogP contribution in [0.1, 0.15) is 32.1 Å². The lowest BCUT2D eigenvalue weighted by molar-refractivity contribution is 0.273. The van der Waals surface area contributed by atoms with Gasteiger partial charge in [0.15, 0.2) is 5.82 Å². The summed E-state index contributed by atoms with van der Waals surface area (Å²) in [5.74, 6) is 1.59. The third-order valence-electron chi connectivity index (χ3n) is 7.13. The number of anilines is 2. The molecule has 160 valence electrons. The summed E-state index contributed by atoms with van der Waals surface area (Å²) >= 11 is 0. The zero-order valence-corrected chi connectivity index (χ0v) is 17.7. The van der Waals surface area contributed by atoms with Gasteiger partial charge in [0.2, 0.25) is 0 Å². The van der Waals surface area contributed by atoms with E-state index in [0.29, 0.717) is 11.7 Å². The normalized spacial score (nSPS) is 20.6. The van der Waals surface area contributed by atoms with E-state index in [4.69, 9.17) is 10.7 Å². The smallest absolute Gasteiger partial charge is 0.157 e. The molecule has 4 aromatic rings. The summed E-state index contributed by atoms with van der Waals surface area (Å²) in [5, 5.41) is 12.0. The Bertz CT molecular complexity index is 1220. The number of rotatable bonds is 3. The lowest BCUT2D eigenvalue weighted by atomic mass is 9.84. The van der Waals surface area contributed by atoms with Gasteiger partial charge in [-0.15, -0.1) is 0 Å². The Morgan fingerprint density at radius 3 is 2.84 bits per heavy atom. The zero-order chi connectivity index (χ0) is 20.8. The van der Waals surface area contributed by atoms with Crippen LogP contribution in [0.3, 0.4) is 0 Å². The minimum atomic E-state index is 0.648. The van der Waals surface area contributed by atoms with Gasteiger partial charge >= 0.3 is 0 Å². The van der Waals surface area contributed by atoms with Gasteiger partial charge in [0.1, 0.15) is 11.2 Å². The van der Waals surface area contributed by atoms with Crippen molar-refractivity contribution >= 4 is 33.3 Å². The molecule has 2 aliphatic heterocycles. The van der Waals surface area contributed by atoms with Crippen molar-refractivity contribution in [1.82, 2.24) is 25.5 Å². The fourth-order valence-corrected chi connectivity index (χ4v) is 5.53. The van der Waals surface area contributed by atoms with E-state index < -0.39 is 0 Å². The summed E-state index contributed by atoms with van der Waals surface area (Å²) in [6.07, 6.45) is 6.49. The van der Waals surface area contributed by atoms with Gasteiger partial charge in [0.05, 0.1) is 16.7 Å². The Labute approximate surface area is 181 Å². The van der Waals surface area contributed by atoms with E-state index in [2.05, 4.69) is 43.6 Å². The maximum Gasteiger partial charge on any atom is 0.157 e. The van der Waals surface area contributed by atoms with Crippen molar-refractivity contribution in [3.05, 3.63) is 36.4 Å². The van der Waals surface area contributed by atoms with Crippen molar-refractivity contribution in [3.8, 4) is 11.5 Å². The number of aromatic nitrogens is 4. The Morgan fingerprint density at radius 2 is 1.94 bits per heavy atom. The minimum absolute atomic E-state index is 0.648. The number of piperidine rings is 2. The molecular formula is C24H29N7. The van der Waals surface area contributed by atoms with Gasteiger partial charge in [-0.1, -0.05) is 12.1 Å². The summed E-state index contributed by atoms with van der Waals surface area (Å²) in [7, 11) is 0. The van der Waals surface area contributed by atoms with Crippen LogP contribution < -0.4 is 16.0 Å². The van der Waals surface area contributed by atoms with Crippen LogP contribution in [0.25, 0.3) is 33.5 Å². The molecule has 5 N–H and O–H groups in total. The Kier molecular flexibility index (Phi) is 4.56. The molecule has 6 rings (SSSR count). The molecule has 2 aromatic carbocycles. The molecule has 2 aromatic heterocycles. The van der Waals surface area contributed by atoms with E-state index in [-0.39, 0.29) is 0 Å². The van der Waals surface area contributed by atoms with Gasteiger partial charge in [0, 0.05) is 23.7 Å². The zero-order valence-electron chi connectivity index (χ0n) is 17.7. The Hall–Kier alpha value is -3.06. The average Bonchev–Trinajstić information content (AvgIpc) is 3.44. The number of nitrogen functional groups attached to an aromatic ring is 1. The van der Waals surface area contributed by atoms with E-state index >= 15 is 0 Å². The van der Waals surface area contributed by atoms with Gasteiger partial charge in [-0.3, -0.25) is 5.10 Å². The highest BCUT2D eigenvalue weighted by atomic mass is 15.2. The second-order valence-electron chi connectivity index (χ2n) is 8.97. The second-order valence-corrected chi connectivity index (χ2v) is 8.97. The Morgan fingerprint density at radius 1 is 1.03 bits per heavy atom. The number of H-pyrrole nitrogens is 2. The first-order chi connectivity index (χ1) is 15.3. The molecule has 1 unspecified atom stereocenters. The fourth-order valence-electron chi connectivity index (χ4n) is 5.53. The van der Waals surface area contributed by atoms with Crippen molar-refractivity contribution < 1.29 is 0 Å². The second kappa shape index (κ2) is 7.57. The van der Waals surface area contributed by atoms with Crippen LogP contribution in [0.4, 0.5) is 11.4 Å². The average molecular weight is 416 g/mol. The van der Waals surface area contributed by atoms with Crippen LogP contribution in [0.15, 0.2) is 36.4 Å². The standard InChI is InChI=1S/C24H29N7/c25-18-5-3-4-17-22(18)29-30-23(17)24-27-19-8-7-16(14-20(19)28-24)31-13-2-1-6-21(31)15-9-11-26-12-10-15/h3-5,7-8,14-15,21,26H,1-2,6,9-13,25H2,(H,27,28)(H,29,30). The van der Waals surface area contributed by atoms with E-state index in [1.807, 2.05) is 18.2 Å². The molecule has 0 saturated carbocycles. The molecule has 2 saturated heterocycles. The van der Waals surface area contributed by atoms with Crippen LogP contribution in [-0.2, 0) is 0 Å². The number of hydrogen-bond donors (Lipinski definition) is 4. The number of aromatic amines is 2. The number of para-hydroxylation sites is 1. The van der Waals surface area contributed by atoms with E-state index in [9.17, 15) is 0 Å². The quantitative estimate of drug-likeness (QED) is 0.379. The SMILES string of the molecule is Nc1cccc2c(-c3nc4ccc(N5CCCCC5C5CCNCC5)cc4[nH]3)[nH]nc12. The highest BCUT2D eigenvalue weighted by Crippen LogP contribution is 2.35. The van der Waals surface area contributed by atoms with Crippen LogP contribution in [0.5, 0.6) is 0 Å². The van der Waals surface area contributed by atoms with Crippen molar-refractivity contribution in [2.45, 2.75) is 38.1 Å². The number of fused-ring (bicyclic) bond motifs is 2. The number of nitrogens with zero attached hydrogens (tertiary/aromatic N) is 3. The molecule has 2 aliphatic rings. The third-order valence-corrected chi connectivity index (χ3v) is 7.13. The van der Waals surface area contributed by atoms with Crippen LogP contribution >= 0.6 is 0 Å². The topological polar surface area (TPSA) is 98.6 Å². The Balaban J connectivity index is 1.36. The number of nitrogens with two attached hydrogens (primary N) is 1. The summed E-state index contributed by atoms with van der Waals surface area (Å²) in [6, 6.07) is 13.2. The maximum atomic E-state index is 6.08. The van der Waals surface area contributed by atoms with Gasteiger partial charge in [0.25, 0.3) is 0 Å². The summed E-state index contributed by atoms with van der Waals surface area (Å²) < 4.78 is 0. The van der Waals surface area contributed by atoms with Gasteiger partial charge < -0.3 is 20.9 Å². The molecular weight excluding hydrogens is 386 g/mol. The lowest BCUT2D eigenvalue weighted by Crippen LogP contribution is -2.47. The molecule has 31 heavy (non-hydrogen) atoms. The van der Waals surface area contributed by atoms with Crippen molar-refractivity contribution in [1.29, 1.82) is 0 Å². The minimum Gasteiger partial charge on any atom is -0.397 e. The van der Waals surface area contributed by atoms with E-state index in [1.54, 1.807) is 0 Å². The molecule has 0 radical (unpaired) electrons. The maximum absolute atomic E-state index is 6.08. The van der Waals surface area contributed by atoms with E-state index in [1.165, 1.54) is 37.8 Å². The molecule has 4 heterocycles. The van der Waals surface area contributed by atoms with Crippen molar-refractivity contribution in [2.75, 3.05) is 30.3 Å². The van der Waals surface area contributed by atoms with Crippen LogP contribution in [0.2, 0.25) is 0 Å². The largest absolute Gasteiger partial charge is 0.397 e. The summed E-state index contributed by atoms with van der Waals surface area (Å²) in [4.78, 5) is 11.0. The first-order valence-corrected chi connectivity index (χ1v) is 11.5. The molecule has 2 fully saturated rings. The molecule has 0 spiro atoms. The first-order valence-electron chi connectivity index (χ1n) is 11.5. The number of benzene rings is 2. The highest BCUT2D eigenvalue weighted by molar-refractivity contribution is 5.98. The molecule has 0 amide bonds. The van der Waals surface area contributed by atoms with Crippen molar-refractivity contribution in [2.24, 2.45) is 5.92 Å². The highest BCUT2D eigenvalue weighted by Gasteiger charge is 2.31. The summed E-state index contributed by atoms with van der Waals surface area (Å²) in [6.45, 7) is 3.45. The fraction of sp³-hybridized carbons (Fsp3) is 0.417. The van der Waals surface area contributed by atoms with Crippen molar-refractivity contribution in [3.63, 3.8) is 0 Å². The summed E-state index contributed by atoms with van der Waals surface area (Å²) in [5.41, 5.74) is 11.8. The molecule has 1 atom stereocenters. The molecule has 7 heteroatoms. The molecule has 0 bridgehead atoms. The van der Waals surface area contributed by atoms with Gasteiger partial charge in [-0.05, 0) is 75.4 Å². The van der Waals surface area contributed by atoms with Crippen LogP contribution in [0, 0.1) is 5.92 Å². The number of nitrogens with one attached hydrogen (secondary N) is 3. The van der Waals surface area contributed by atoms with Gasteiger partial charge in [-0.25, -0.2) is 4.98 Å². The predicted octanol–water partition coefficient (Wildman–Crippen LogP) is 4.05.